The number of likely N-dealkylation sites (N-methyl/N-ethyl adjacent to an activating group) is 1. The molecule has 0 bridgehead atoms. The van der Waals surface area contributed by atoms with Crippen molar-refractivity contribution in [2.75, 3.05) is 7.05 Å². The fourth-order valence-corrected chi connectivity index (χ4v) is 2.51. The van der Waals surface area contributed by atoms with E-state index in [2.05, 4.69) is 27.9 Å². The predicted octanol–water partition coefficient (Wildman–Crippen LogP) is 3.94. The molecule has 0 spiro atoms. The molecule has 2 aromatic carbocycles. The number of halogens is 3. The lowest BCUT2D eigenvalue weighted by Gasteiger charge is -2.17. The minimum Gasteiger partial charge on any atom is -0.316 e. The van der Waals surface area contributed by atoms with E-state index in [4.69, 9.17) is 0 Å². The smallest absolute Gasteiger partial charge is 0.129 e. The molecule has 0 aromatic heterocycles. The van der Waals surface area contributed by atoms with Crippen molar-refractivity contribution in [3.05, 3.63) is 68.8 Å². The minimum absolute atomic E-state index is 0.00135. The van der Waals surface area contributed by atoms with Crippen molar-refractivity contribution < 1.29 is 8.78 Å². The van der Waals surface area contributed by atoms with Crippen LogP contribution in [0.25, 0.3) is 0 Å². The zero-order valence-electron chi connectivity index (χ0n) is 11.2. The quantitative estimate of drug-likeness (QED) is 0.767. The van der Waals surface area contributed by atoms with Gasteiger partial charge in [-0.1, -0.05) is 18.2 Å². The monoisotopic (exact) mass is 387 g/mol. The van der Waals surface area contributed by atoms with Crippen molar-refractivity contribution in [2.24, 2.45) is 0 Å². The zero-order valence-corrected chi connectivity index (χ0v) is 13.3. The van der Waals surface area contributed by atoms with Crippen molar-refractivity contribution in [1.82, 2.24) is 5.32 Å². The Labute approximate surface area is 131 Å². The van der Waals surface area contributed by atoms with Gasteiger partial charge in [0.2, 0.25) is 0 Å². The summed E-state index contributed by atoms with van der Waals surface area (Å²) in [6.45, 7) is 0. The largest absolute Gasteiger partial charge is 0.316 e. The van der Waals surface area contributed by atoms with Crippen LogP contribution in [0.3, 0.4) is 0 Å². The highest BCUT2D eigenvalue weighted by atomic mass is 127. The van der Waals surface area contributed by atoms with Gasteiger partial charge in [0.1, 0.15) is 11.6 Å². The van der Waals surface area contributed by atoms with E-state index in [9.17, 15) is 8.78 Å². The van der Waals surface area contributed by atoms with Crippen molar-refractivity contribution in [3.8, 4) is 0 Å². The normalized spacial score (nSPS) is 12.4. The second kappa shape index (κ2) is 7.13. The summed E-state index contributed by atoms with van der Waals surface area (Å²) in [6.07, 6.45) is 1.07. The third kappa shape index (κ3) is 3.99. The Bertz CT molecular complexity index is 549. The number of nitrogens with one attached hydrogen (secondary N) is 1. The van der Waals surface area contributed by atoms with Crippen molar-refractivity contribution in [1.29, 1.82) is 0 Å². The molecule has 1 unspecified atom stereocenters. The molecule has 1 N–H and O–H groups in total. The molecule has 20 heavy (non-hydrogen) atoms. The Morgan fingerprint density at radius 3 is 2.15 bits per heavy atom. The lowest BCUT2D eigenvalue weighted by molar-refractivity contribution is 0.502. The molecule has 0 amide bonds. The summed E-state index contributed by atoms with van der Waals surface area (Å²) in [7, 11) is 1.82. The van der Waals surface area contributed by atoms with Gasteiger partial charge in [-0.2, -0.15) is 0 Å². The van der Waals surface area contributed by atoms with Crippen LogP contribution in [0.15, 0.2) is 42.5 Å². The molecular formula is C16H16F2IN. The summed E-state index contributed by atoms with van der Waals surface area (Å²) >= 11 is 2.25. The van der Waals surface area contributed by atoms with Gasteiger partial charge in [0.15, 0.2) is 0 Å². The predicted molar refractivity (Wildman–Crippen MR) is 85.8 cm³/mol. The van der Waals surface area contributed by atoms with E-state index < -0.39 is 11.6 Å². The van der Waals surface area contributed by atoms with E-state index in [1.807, 2.05) is 31.3 Å². The van der Waals surface area contributed by atoms with Gasteiger partial charge in [-0.05, 0) is 72.3 Å². The molecule has 2 aromatic rings. The Hall–Kier alpha value is -1.01. The summed E-state index contributed by atoms with van der Waals surface area (Å²) in [4.78, 5) is 0. The number of hydrogen-bond donors (Lipinski definition) is 1. The Kier molecular flexibility index (Phi) is 5.48. The van der Waals surface area contributed by atoms with Crippen molar-refractivity contribution in [3.63, 3.8) is 0 Å². The van der Waals surface area contributed by atoms with Gasteiger partial charge in [0.05, 0.1) is 0 Å². The first-order valence-corrected chi connectivity index (χ1v) is 7.52. The van der Waals surface area contributed by atoms with E-state index in [0.29, 0.717) is 6.42 Å². The van der Waals surface area contributed by atoms with Gasteiger partial charge in [-0.3, -0.25) is 0 Å². The summed E-state index contributed by atoms with van der Waals surface area (Å²) in [5.41, 5.74) is 1.30. The number of benzene rings is 2. The van der Waals surface area contributed by atoms with E-state index in [1.165, 1.54) is 21.8 Å². The van der Waals surface area contributed by atoms with Crippen LogP contribution < -0.4 is 5.32 Å². The van der Waals surface area contributed by atoms with Gasteiger partial charge >= 0.3 is 0 Å². The summed E-state index contributed by atoms with van der Waals surface area (Å²) in [6, 6.07) is 12.2. The third-order valence-electron chi connectivity index (χ3n) is 3.32. The molecule has 2 rings (SSSR count). The summed E-state index contributed by atoms with van der Waals surface area (Å²) in [5.74, 6) is -0.958. The van der Waals surface area contributed by atoms with Gasteiger partial charge in [0.25, 0.3) is 0 Å². The van der Waals surface area contributed by atoms with Gasteiger partial charge in [-0.15, -0.1) is 0 Å². The molecule has 0 radical (unpaired) electrons. The summed E-state index contributed by atoms with van der Waals surface area (Å²) in [5, 5.41) is 3.13. The van der Waals surface area contributed by atoms with Crippen LogP contribution in [0.5, 0.6) is 0 Å². The van der Waals surface area contributed by atoms with E-state index in [-0.39, 0.29) is 11.6 Å². The minimum atomic E-state index is -0.479. The van der Waals surface area contributed by atoms with Crippen LogP contribution in [0.1, 0.15) is 11.1 Å². The van der Waals surface area contributed by atoms with Gasteiger partial charge in [-0.25, -0.2) is 8.78 Å². The average molecular weight is 387 g/mol. The first-order valence-electron chi connectivity index (χ1n) is 6.44. The molecular weight excluding hydrogens is 371 g/mol. The average Bonchev–Trinajstić information content (AvgIpc) is 2.44. The Morgan fingerprint density at radius 1 is 1.00 bits per heavy atom. The van der Waals surface area contributed by atoms with Crippen LogP contribution in [0.2, 0.25) is 0 Å². The maximum Gasteiger partial charge on any atom is 0.129 e. The molecule has 0 aliphatic heterocycles. The zero-order chi connectivity index (χ0) is 14.5. The first-order chi connectivity index (χ1) is 9.60. The third-order valence-corrected chi connectivity index (χ3v) is 4.03. The lowest BCUT2D eigenvalue weighted by Crippen LogP contribution is -2.30. The topological polar surface area (TPSA) is 12.0 Å². The molecule has 0 heterocycles. The van der Waals surface area contributed by atoms with Crippen LogP contribution in [-0.2, 0) is 12.8 Å². The summed E-state index contributed by atoms with van der Waals surface area (Å²) < 4.78 is 28.5. The molecule has 4 heteroatoms. The molecule has 0 aliphatic rings. The van der Waals surface area contributed by atoms with Crippen LogP contribution >= 0.6 is 22.6 Å². The number of hydrogen-bond acceptors (Lipinski definition) is 1. The Morgan fingerprint density at radius 2 is 1.60 bits per heavy atom. The maximum atomic E-state index is 13.7. The van der Waals surface area contributed by atoms with Crippen molar-refractivity contribution >= 4 is 22.6 Å². The molecule has 1 atom stereocenters. The van der Waals surface area contributed by atoms with E-state index in [1.54, 1.807) is 0 Å². The SMILES string of the molecule is CNC(Cc1ccc(I)cc1)Cc1c(F)cccc1F. The molecule has 106 valence electrons. The highest BCUT2D eigenvalue weighted by Crippen LogP contribution is 2.16. The Balaban J connectivity index is 2.11. The van der Waals surface area contributed by atoms with Crippen LogP contribution in [-0.4, -0.2) is 13.1 Å². The molecule has 0 aliphatic carbocycles. The highest BCUT2D eigenvalue weighted by molar-refractivity contribution is 14.1. The second-order valence-electron chi connectivity index (χ2n) is 4.72. The number of rotatable bonds is 5. The van der Waals surface area contributed by atoms with Gasteiger partial charge in [0, 0.05) is 15.2 Å². The molecule has 0 saturated heterocycles. The molecule has 1 nitrogen and oxygen atoms in total. The highest BCUT2D eigenvalue weighted by Gasteiger charge is 2.15. The second-order valence-corrected chi connectivity index (χ2v) is 5.97. The van der Waals surface area contributed by atoms with Crippen LogP contribution in [0.4, 0.5) is 8.78 Å². The fourth-order valence-electron chi connectivity index (χ4n) is 2.16. The van der Waals surface area contributed by atoms with Crippen molar-refractivity contribution in [2.45, 2.75) is 18.9 Å². The molecule has 0 fully saturated rings. The van der Waals surface area contributed by atoms with E-state index >= 15 is 0 Å². The van der Waals surface area contributed by atoms with Crippen LogP contribution in [0, 0.1) is 15.2 Å². The maximum absolute atomic E-state index is 13.7. The standard InChI is InChI=1S/C16H16F2IN/c1-20-13(9-11-5-7-12(19)8-6-11)10-14-15(17)3-2-4-16(14)18/h2-8,13,20H,9-10H2,1H3. The molecule has 0 saturated carbocycles. The van der Waals surface area contributed by atoms with Gasteiger partial charge < -0.3 is 5.32 Å². The van der Waals surface area contributed by atoms with E-state index in [0.717, 1.165) is 12.0 Å². The lowest BCUT2D eigenvalue weighted by atomic mass is 9.98. The fraction of sp³-hybridized carbons (Fsp3) is 0.250. The first kappa shape index (κ1) is 15.4.